The molecule has 2 heterocycles. The Morgan fingerprint density at radius 1 is 1.43 bits per heavy atom. The van der Waals surface area contributed by atoms with E-state index < -0.39 is 5.97 Å². The number of fused-ring (bicyclic) bond motifs is 1. The Morgan fingerprint density at radius 2 is 2.14 bits per heavy atom. The third kappa shape index (κ3) is 2.66. The molecule has 7 heteroatoms. The number of imidazole rings is 1. The minimum Gasteiger partial charge on any atom is -0.476 e. The average Bonchev–Trinajstić information content (AvgIpc) is 3.00. The van der Waals surface area contributed by atoms with Crippen molar-refractivity contribution in [2.45, 2.75) is 6.54 Å². The molecule has 21 heavy (non-hydrogen) atoms. The Labute approximate surface area is 133 Å². The fourth-order valence-electron chi connectivity index (χ4n) is 2.18. The number of thiazole rings is 1. The Bertz CT molecular complexity index is 794. The molecule has 5 nitrogen and oxygen atoms in total. The molecule has 0 bridgehead atoms. The minimum absolute atomic E-state index is 0.200. The maximum absolute atomic E-state index is 11.5. The highest BCUT2D eigenvalue weighted by atomic mass is 79.9. The minimum atomic E-state index is -0.974. The van der Waals surface area contributed by atoms with Gasteiger partial charge in [0.15, 0.2) is 16.5 Å². The molecule has 0 fully saturated rings. The van der Waals surface area contributed by atoms with Crippen LogP contribution in [0.4, 0.5) is 5.82 Å². The smallest absolute Gasteiger partial charge is 0.356 e. The normalized spacial score (nSPS) is 11.0. The molecule has 0 spiro atoms. The number of hydrogen-bond acceptors (Lipinski definition) is 4. The van der Waals surface area contributed by atoms with Crippen LogP contribution in [0.25, 0.3) is 4.96 Å². The van der Waals surface area contributed by atoms with Crippen molar-refractivity contribution in [3.63, 3.8) is 0 Å². The SMILES string of the molecule is CN(Cc1ccc(Br)cc1)c1nc2sccn2c1C(=O)O. The number of rotatable bonds is 4. The van der Waals surface area contributed by atoms with E-state index in [-0.39, 0.29) is 5.69 Å². The maximum Gasteiger partial charge on any atom is 0.356 e. The summed E-state index contributed by atoms with van der Waals surface area (Å²) in [5.74, 6) is -0.490. The summed E-state index contributed by atoms with van der Waals surface area (Å²) in [6.45, 7) is 0.596. The van der Waals surface area contributed by atoms with Crippen molar-refractivity contribution in [1.82, 2.24) is 9.38 Å². The summed E-state index contributed by atoms with van der Waals surface area (Å²) in [5.41, 5.74) is 1.29. The predicted molar refractivity (Wildman–Crippen MR) is 86.3 cm³/mol. The summed E-state index contributed by atoms with van der Waals surface area (Å²) < 4.78 is 2.63. The summed E-state index contributed by atoms with van der Waals surface area (Å²) in [5, 5.41) is 11.3. The van der Waals surface area contributed by atoms with Gasteiger partial charge in [-0.3, -0.25) is 4.40 Å². The third-order valence-electron chi connectivity index (χ3n) is 3.14. The van der Waals surface area contributed by atoms with Gasteiger partial charge in [0, 0.05) is 29.6 Å². The number of carboxylic acid groups (broad SMARTS) is 1. The number of aromatic carboxylic acids is 1. The van der Waals surface area contributed by atoms with E-state index in [0.717, 1.165) is 10.0 Å². The molecule has 108 valence electrons. The Hall–Kier alpha value is -1.86. The van der Waals surface area contributed by atoms with Crippen molar-refractivity contribution >= 4 is 44.0 Å². The standard InChI is InChI=1S/C14H12BrN3O2S/c1-17(8-9-2-4-10(15)5-3-9)12-11(13(19)20)18-6-7-21-14(18)16-12/h2-7H,8H2,1H3,(H,19,20). The van der Waals surface area contributed by atoms with Gasteiger partial charge in [0.05, 0.1) is 0 Å². The first kappa shape index (κ1) is 14.1. The van der Waals surface area contributed by atoms with Crippen LogP contribution in [0.2, 0.25) is 0 Å². The molecule has 0 saturated carbocycles. The highest BCUT2D eigenvalue weighted by Gasteiger charge is 2.22. The van der Waals surface area contributed by atoms with Gasteiger partial charge in [0.1, 0.15) is 0 Å². The molecule has 1 N–H and O–H groups in total. The number of carboxylic acids is 1. The Balaban J connectivity index is 1.95. The van der Waals surface area contributed by atoms with Gasteiger partial charge in [-0.2, -0.15) is 0 Å². The van der Waals surface area contributed by atoms with Gasteiger partial charge < -0.3 is 10.0 Å². The summed E-state index contributed by atoms with van der Waals surface area (Å²) in [6.07, 6.45) is 1.73. The first-order valence-corrected chi connectivity index (χ1v) is 7.88. The van der Waals surface area contributed by atoms with Gasteiger partial charge >= 0.3 is 5.97 Å². The summed E-state index contributed by atoms with van der Waals surface area (Å²) in [4.78, 5) is 18.5. The highest BCUT2D eigenvalue weighted by Crippen LogP contribution is 2.25. The van der Waals surface area contributed by atoms with Gasteiger partial charge in [-0.05, 0) is 17.7 Å². The number of hydrogen-bond donors (Lipinski definition) is 1. The monoisotopic (exact) mass is 365 g/mol. The molecule has 0 unspecified atom stereocenters. The molecule has 0 saturated heterocycles. The fourth-order valence-corrected chi connectivity index (χ4v) is 3.15. The highest BCUT2D eigenvalue weighted by molar-refractivity contribution is 9.10. The van der Waals surface area contributed by atoms with E-state index in [1.54, 1.807) is 10.6 Å². The lowest BCUT2D eigenvalue weighted by molar-refractivity contribution is 0.0690. The second-order valence-electron chi connectivity index (χ2n) is 4.63. The number of nitrogens with zero attached hydrogens (tertiary/aromatic N) is 3. The second-order valence-corrected chi connectivity index (χ2v) is 6.42. The number of halogens is 1. The number of anilines is 1. The van der Waals surface area contributed by atoms with Crippen LogP contribution in [0.5, 0.6) is 0 Å². The van der Waals surface area contributed by atoms with Crippen molar-refractivity contribution in [1.29, 1.82) is 0 Å². The lowest BCUT2D eigenvalue weighted by Gasteiger charge is -2.17. The Morgan fingerprint density at radius 3 is 2.81 bits per heavy atom. The van der Waals surface area contributed by atoms with Crippen molar-refractivity contribution < 1.29 is 9.90 Å². The summed E-state index contributed by atoms with van der Waals surface area (Å²) >= 11 is 4.82. The van der Waals surface area contributed by atoms with Crippen molar-refractivity contribution in [3.8, 4) is 0 Å². The molecule has 3 aromatic rings. The molecule has 0 aliphatic heterocycles. The summed E-state index contributed by atoms with van der Waals surface area (Å²) in [7, 11) is 1.85. The zero-order chi connectivity index (χ0) is 15.0. The van der Waals surface area contributed by atoms with Crippen LogP contribution >= 0.6 is 27.3 Å². The molecule has 0 atom stereocenters. The number of benzene rings is 1. The lowest BCUT2D eigenvalue weighted by Crippen LogP contribution is -2.20. The van der Waals surface area contributed by atoms with E-state index in [9.17, 15) is 9.90 Å². The van der Waals surface area contributed by atoms with E-state index in [0.29, 0.717) is 17.3 Å². The van der Waals surface area contributed by atoms with Gasteiger partial charge in [0.2, 0.25) is 0 Å². The molecular formula is C14H12BrN3O2S. The quantitative estimate of drug-likeness (QED) is 0.768. The lowest BCUT2D eigenvalue weighted by atomic mass is 10.2. The number of carbonyl (C=O) groups is 1. The van der Waals surface area contributed by atoms with Gasteiger partial charge in [-0.25, -0.2) is 9.78 Å². The van der Waals surface area contributed by atoms with Crippen LogP contribution in [-0.2, 0) is 6.54 Å². The van der Waals surface area contributed by atoms with E-state index in [2.05, 4.69) is 20.9 Å². The van der Waals surface area contributed by atoms with Gasteiger partial charge in [-0.15, -0.1) is 11.3 Å². The van der Waals surface area contributed by atoms with E-state index in [1.165, 1.54) is 11.3 Å². The van der Waals surface area contributed by atoms with Gasteiger partial charge in [0.25, 0.3) is 0 Å². The molecule has 1 aromatic carbocycles. The van der Waals surface area contributed by atoms with Crippen LogP contribution in [-0.4, -0.2) is 27.5 Å². The molecule has 0 aliphatic carbocycles. The van der Waals surface area contributed by atoms with Crippen molar-refractivity contribution in [3.05, 3.63) is 51.6 Å². The molecule has 0 aliphatic rings. The van der Waals surface area contributed by atoms with Crippen LogP contribution in [0.3, 0.4) is 0 Å². The average molecular weight is 366 g/mol. The molecule has 3 rings (SSSR count). The molecule has 0 amide bonds. The van der Waals surface area contributed by atoms with E-state index in [4.69, 9.17) is 0 Å². The van der Waals surface area contributed by atoms with E-state index in [1.807, 2.05) is 41.6 Å². The third-order valence-corrected chi connectivity index (χ3v) is 4.43. The first-order valence-electron chi connectivity index (χ1n) is 6.20. The zero-order valence-electron chi connectivity index (χ0n) is 11.2. The van der Waals surface area contributed by atoms with Crippen LogP contribution in [0.1, 0.15) is 16.1 Å². The fraction of sp³-hybridized carbons (Fsp3) is 0.143. The number of aromatic nitrogens is 2. The Kier molecular flexibility index (Phi) is 3.69. The maximum atomic E-state index is 11.5. The second kappa shape index (κ2) is 5.50. The van der Waals surface area contributed by atoms with E-state index >= 15 is 0 Å². The van der Waals surface area contributed by atoms with Gasteiger partial charge in [-0.1, -0.05) is 28.1 Å². The topological polar surface area (TPSA) is 57.8 Å². The zero-order valence-corrected chi connectivity index (χ0v) is 13.6. The van der Waals surface area contributed by atoms with Crippen LogP contribution in [0.15, 0.2) is 40.3 Å². The molecular weight excluding hydrogens is 354 g/mol. The van der Waals surface area contributed by atoms with Crippen LogP contribution < -0.4 is 4.90 Å². The largest absolute Gasteiger partial charge is 0.476 e. The summed E-state index contributed by atoms with van der Waals surface area (Å²) in [6, 6.07) is 7.93. The van der Waals surface area contributed by atoms with Crippen molar-refractivity contribution in [2.75, 3.05) is 11.9 Å². The van der Waals surface area contributed by atoms with Crippen molar-refractivity contribution in [2.24, 2.45) is 0 Å². The van der Waals surface area contributed by atoms with Crippen LogP contribution in [0, 0.1) is 0 Å². The molecule has 2 aromatic heterocycles. The first-order chi connectivity index (χ1) is 10.1. The molecule has 0 radical (unpaired) electrons. The predicted octanol–water partition coefficient (Wildman–Crippen LogP) is 3.49.